The lowest BCUT2D eigenvalue weighted by Gasteiger charge is -2.32. The lowest BCUT2D eigenvalue weighted by Crippen LogP contribution is -2.30. The van der Waals surface area contributed by atoms with Crippen molar-refractivity contribution < 1.29 is 38.5 Å². The zero-order valence-corrected chi connectivity index (χ0v) is 30.7. The maximum atomic E-state index is 12.6. The first kappa shape index (κ1) is 39.4. The molecule has 2 atom stereocenters. The molecule has 1 N–H and O–H groups in total. The van der Waals surface area contributed by atoms with Gasteiger partial charge in [0.15, 0.2) is 5.78 Å². The summed E-state index contributed by atoms with van der Waals surface area (Å²) in [7, 11) is 2.71. The number of Topliss-reactive ketones (excluding diaryl/α,β-unsaturated/α-hetero) is 1. The first-order chi connectivity index (χ1) is 25.3. The molecule has 52 heavy (non-hydrogen) atoms. The molecular weight excluding hydrogens is 685 g/mol. The molecule has 2 aliphatic rings. The third-order valence-electron chi connectivity index (χ3n) is 8.28. The summed E-state index contributed by atoms with van der Waals surface area (Å²) in [6.45, 7) is 4.37. The van der Waals surface area contributed by atoms with Crippen molar-refractivity contribution in [1.29, 1.82) is 5.26 Å². The van der Waals surface area contributed by atoms with Gasteiger partial charge in [0, 0.05) is 18.4 Å². The molecule has 2 heterocycles. The van der Waals surface area contributed by atoms with Gasteiger partial charge in [-0.05, 0) is 67.7 Å². The Hall–Kier alpha value is -5.35. The van der Waals surface area contributed by atoms with Crippen LogP contribution in [-0.4, -0.2) is 64.9 Å². The minimum Gasteiger partial charge on any atom is -0.511 e. The van der Waals surface area contributed by atoms with Crippen LogP contribution in [0.2, 0.25) is 0 Å². The van der Waals surface area contributed by atoms with Crippen molar-refractivity contribution in [3.63, 3.8) is 0 Å². The molecule has 1 fully saturated rings. The number of thioether (sulfide) groups is 1. The fourth-order valence-electron chi connectivity index (χ4n) is 5.85. The zero-order valence-electron chi connectivity index (χ0n) is 29.9. The average molecular weight is 729 g/mol. The number of methoxy groups -OCH3 is 2. The number of aliphatic hydroxyl groups is 1. The van der Waals surface area contributed by atoms with Crippen LogP contribution in [0.25, 0.3) is 5.57 Å². The second-order valence-electron chi connectivity index (χ2n) is 11.9. The predicted octanol–water partition coefficient (Wildman–Crippen LogP) is 8.21. The number of esters is 1. The van der Waals surface area contributed by atoms with E-state index in [1.54, 1.807) is 48.5 Å². The van der Waals surface area contributed by atoms with Crippen molar-refractivity contribution in [3.8, 4) is 29.3 Å². The van der Waals surface area contributed by atoms with E-state index in [2.05, 4.69) is 21.2 Å². The lowest BCUT2D eigenvalue weighted by molar-refractivity contribution is -0.133. The monoisotopic (exact) mass is 728 g/mol. The van der Waals surface area contributed by atoms with E-state index in [-0.39, 0.29) is 28.9 Å². The number of aliphatic hydroxyl groups excluding tert-OH is 1. The fraction of sp³-hybridized carbons (Fsp3) is 0.385. The number of rotatable bonds is 13. The second-order valence-corrected chi connectivity index (χ2v) is 13.0. The number of benzene rings is 2. The minimum atomic E-state index is -0.576. The molecule has 13 heteroatoms. The molecule has 1 aromatic heterocycles. The Bertz CT molecular complexity index is 1810. The number of nitriles is 1. The van der Waals surface area contributed by atoms with Gasteiger partial charge in [-0.1, -0.05) is 48.8 Å². The van der Waals surface area contributed by atoms with Gasteiger partial charge in [-0.25, -0.2) is 14.8 Å². The largest absolute Gasteiger partial charge is 0.511 e. The van der Waals surface area contributed by atoms with E-state index in [0.717, 1.165) is 12.2 Å². The molecule has 0 spiro atoms. The quantitative estimate of drug-likeness (QED) is 0.0591. The van der Waals surface area contributed by atoms with Crippen LogP contribution >= 0.6 is 11.8 Å². The van der Waals surface area contributed by atoms with E-state index in [1.807, 2.05) is 25.6 Å². The standard InChI is InChI=1S/C22H17N3O5.C17H27NO3S/c1-27-13-17(22(26)28-2)16-8-4-6-10-19(16)30-21-11-20(24-14-25-21)29-18-9-5-3-7-15(18)12-23;1-3-6-14(18-21-4-2)17-15(19)9-13(10-16(17)20)12-7-5-8-22-11-12/h3-11,13-14H,1-2H3;12-13,19H,3-11H2,1-2H3/b17-13+;18-14+. The minimum absolute atomic E-state index is 0.0382. The summed E-state index contributed by atoms with van der Waals surface area (Å²) in [5.41, 5.74) is 2.06. The summed E-state index contributed by atoms with van der Waals surface area (Å²) in [5.74, 6) is 3.98. The van der Waals surface area contributed by atoms with Gasteiger partial charge in [-0.15, -0.1) is 0 Å². The Morgan fingerprint density at radius 3 is 2.38 bits per heavy atom. The molecule has 3 aromatic rings. The molecule has 0 amide bonds. The van der Waals surface area contributed by atoms with Crippen molar-refractivity contribution >= 4 is 34.8 Å². The maximum absolute atomic E-state index is 12.6. The van der Waals surface area contributed by atoms with Crippen molar-refractivity contribution in [2.45, 2.75) is 52.4 Å². The van der Waals surface area contributed by atoms with Crippen LogP contribution in [-0.2, 0) is 23.9 Å². The zero-order chi connectivity index (χ0) is 37.3. The summed E-state index contributed by atoms with van der Waals surface area (Å²) < 4.78 is 21.4. The van der Waals surface area contributed by atoms with Crippen LogP contribution in [0.1, 0.15) is 63.5 Å². The summed E-state index contributed by atoms with van der Waals surface area (Å²) in [6, 6.07) is 17.2. The third kappa shape index (κ3) is 10.8. The Labute approximate surface area is 308 Å². The molecule has 0 radical (unpaired) electrons. The Morgan fingerprint density at radius 1 is 1.04 bits per heavy atom. The van der Waals surface area contributed by atoms with Gasteiger partial charge < -0.3 is 28.9 Å². The van der Waals surface area contributed by atoms with Gasteiger partial charge in [0.1, 0.15) is 41.8 Å². The van der Waals surface area contributed by atoms with Crippen LogP contribution in [0.4, 0.5) is 0 Å². The highest BCUT2D eigenvalue weighted by molar-refractivity contribution is 7.99. The molecule has 12 nitrogen and oxygen atoms in total. The summed E-state index contributed by atoms with van der Waals surface area (Å²) in [4.78, 5) is 38.0. The summed E-state index contributed by atoms with van der Waals surface area (Å²) in [5, 5.41) is 23.7. The molecule has 0 bridgehead atoms. The van der Waals surface area contributed by atoms with E-state index in [1.165, 1.54) is 51.5 Å². The van der Waals surface area contributed by atoms with Crippen LogP contribution < -0.4 is 9.47 Å². The molecule has 1 saturated heterocycles. The number of hydrogen-bond donors (Lipinski definition) is 1. The highest BCUT2D eigenvalue weighted by Crippen LogP contribution is 2.38. The van der Waals surface area contributed by atoms with E-state index in [4.69, 9.17) is 23.8 Å². The molecule has 1 aliphatic carbocycles. The molecule has 274 valence electrons. The molecule has 1 aliphatic heterocycles. The van der Waals surface area contributed by atoms with Crippen LogP contribution in [0.3, 0.4) is 0 Å². The average Bonchev–Trinajstić information content (AvgIpc) is 3.16. The van der Waals surface area contributed by atoms with E-state index in [9.17, 15) is 20.0 Å². The molecule has 2 aromatic carbocycles. The number of para-hydroxylation sites is 2. The van der Waals surface area contributed by atoms with Crippen LogP contribution in [0.15, 0.2) is 83.7 Å². The van der Waals surface area contributed by atoms with Crippen LogP contribution in [0.5, 0.6) is 23.3 Å². The normalized spacial score (nSPS) is 17.6. The highest BCUT2D eigenvalue weighted by atomic mass is 32.2. The summed E-state index contributed by atoms with van der Waals surface area (Å²) >= 11 is 1.97. The molecule has 2 unspecified atom stereocenters. The van der Waals surface area contributed by atoms with Gasteiger partial charge in [0.05, 0.1) is 43.4 Å². The topological polar surface area (TPSA) is 162 Å². The first-order valence-corrected chi connectivity index (χ1v) is 18.3. The Kier molecular flexibility index (Phi) is 15.5. The van der Waals surface area contributed by atoms with Crippen LogP contribution in [0, 0.1) is 23.2 Å². The molecular formula is C39H44N4O8S. The predicted molar refractivity (Wildman–Crippen MR) is 198 cm³/mol. The van der Waals surface area contributed by atoms with Crippen molar-refractivity contribution in [1.82, 2.24) is 9.97 Å². The fourth-order valence-corrected chi connectivity index (χ4v) is 7.13. The first-order valence-electron chi connectivity index (χ1n) is 17.1. The van der Waals surface area contributed by atoms with Gasteiger partial charge in [0.25, 0.3) is 0 Å². The number of carbonyl (C=O) groups excluding carboxylic acids is 2. The Morgan fingerprint density at radius 2 is 1.75 bits per heavy atom. The van der Waals surface area contributed by atoms with Gasteiger partial charge in [-0.2, -0.15) is 17.0 Å². The second kappa shape index (κ2) is 20.5. The van der Waals surface area contributed by atoms with Gasteiger partial charge >= 0.3 is 5.97 Å². The number of hydrogen-bond acceptors (Lipinski definition) is 13. The third-order valence-corrected chi connectivity index (χ3v) is 9.52. The maximum Gasteiger partial charge on any atom is 0.341 e. The SMILES string of the molecule is CCC/C(=N\OCC)C1=C(O)CC(C2CCCSC2)CC1=O.CO/C=C(/C(=O)OC)c1ccccc1Oc1cc(Oc2ccccc2C#N)ncn1. The van der Waals surface area contributed by atoms with E-state index >= 15 is 0 Å². The smallest absolute Gasteiger partial charge is 0.341 e. The van der Waals surface area contributed by atoms with E-state index < -0.39 is 5.97 Å². The number of aromatic nitrogens is 2. The molecule has 5 rings (SSSR count). The number of allylic oxidation sites excluding steroid dienone is 2. The Balaban J connectivity index is 0.000000244. The number of ether oxygens (including phenoxy) is 4. The summed E-state index contributed by atoms with van der Waals surface area (Å²) in [6.07, 6.45) is 7.65. The highest BCUT2D eigenvalue weighted by Gasteiger charge is 2.35. The number of oxime groups is 1. The number of ketones is 1. The molecule has 0 saturated carbocycles. The van der Waals surface area contributed by atoms with Crippen molar-refractivity contribution in [2.75, 3.05) is 32.3 Å². The van der Waals surface area contributed by atoms with E-state index in [0.29, 0.717) is 71.6 Å². The van der Waals surface area contributed by atoms with Crippen molar-refractivity contribution in [3.05, 3.63) is 89.6 Å². The van der Waals surface area contributed by atoms with Gasteiger partial charge in [0.2, 0.25) is 11.8 Å². The number of nitrogens with zero attached hydrogens (tertiary/aromatic N) is 4. The lowest BCUT2D eigenvalue weighted by atomic mass is 9.76. The van der Waals surface area contributed by atoms with Gasteiger partial charge in [-0.3, -0.25) is 4.79 Å². The van der Waals surface area contributed by atoms with Crippen molar-refractivity contribution in [2.24, 2.45) is 17.0 Å². The number of carbonyl (C=O) groups is 2.